The Kier molecular flexibility index (Phi) is 10.3. The van der Waals surface area contributed by atoms with Gasteiger partial charge >= 0.3 is 0 Å². The molecule has 0 aliphatic heterocycles. The van der Waals surface area contributed by atoms with Crippen molar-refractivity contribution in [2.75, 3.05) is 0 Å². The second kappa shape index (κ2) is 11.4. The fourth-order valence-electron chi connectivity index (χ4n) is 1.76. The van der Waals surface area contributed by atoms with Crippen LogP contribution in [-0.2, 0) is 4.79 Å². The maximum absolute atomic E-state index is 12.9. The lowest BCUT2D eigenvalue weighted by molar-refractivity contribution is -0.110. The molecule has 2 rings (SSSR count). The molecule has 2 aromatic carbocycles. The third-order valence-electron chi connectivity index (χ3n) is 2.64. The van der Waals surface area contributed by atoms with Crippen molar-refractivity contribution < 1.29 is 13.6 Å². The van der Waals surface area contributed by atoms with Gasteiger partial charge in [0.1, 0.15) is 11.6 Å². The quantitative estimate of drug-likeness (QED) is 0.804. The van der Waals surface area contributed by atoms with Crippen LogP contribution in [0.1, 0.15) is 44.9 Å². The van der Waals surface area contributed by atoms with E-state index in [-0.39, 0.29) is 11.6 Å². The summed E-state index contributed by atoms with van der Waals surface area (Å²) in [5.74, 6) is -0.689. The normalized spacial score (nSPS) is 9.05. The molecule has 1 amide bonds. The molecule has 1 N–H and O–H groups in total. The molecule has 4 heteroatoms. The van der Waals surface area contributed by atoms with E-state index in [1.807, 2.05) is 27.7 Å². The number of nitrogens with one attached hydrogen (secondary N) is 1. The Morgan fingerprint density at radius 1 is 0.773 bits per heavy atom. The Labute approximate surface area is 131 Å². The molecule has 0 spiro atoms. The maximum atomic E-state index is 12.9. The van der Waals surface area contributed by atoms with Crippen molar-refractivity contribution >= 4 is 6.41 Å². The highest BCUT2D eigenvalue weighted by molar-refractivity contribution is 5.50. The van der Waals surface area contributed by atoms with Crippen molar-refractivity contribution in [1.82, 2.24) is 5.32 Å². The molecule has 0 radical (unpaired) electrons. The van der Waals surface area contributed by atoms with Crippen LogP contribution in [0.3, 0.4) is 0 Å². The first-order valence-corrected chi connectivity index (χ1v) is 7.41. The maximum Gasteiger partial charge on any atom is 0.207 e. The van der Waals surface area contributed by atoms with Gasteiger partial charge in [0.2, 0.25) is 6.41 Å². The molecule has 0 bridgehead atoms. The monoisotopic (exact) mass is 307 g/mol. The third-order valence-corrected chi connectivity index (χ3v) is 2.64. The van der Waals surface area contributed by atoms with Crippen LogP contribution in [0.5, 0.6) is 0 Å². The van der Waals surface area contributed by atoms with Crippen LogP contribution < -0.4 is 5.32 Å². The number of amides is 1. The highest BCUT2D eigenvalue weighted by Crippen LogP contribution is 2.22. The molecular formula is C18H23F2NO. The van der Waals surface area contributed by atoms with E-state index in [0.29, 0.717) is 6.41 Å². The number of benzene rings is 2. The van der Waals surface area contributed by atoms with Crippen molar-refractivity contribution in [2.45, 2.75) is 33.7 Å². The Balaban J connectivity index is 0.00000102. The lowest BCUT2D eigenvalue weighted by atomic mass is 9.99. The number of carbonyl (C=O) groups is 1. The molecule has 0 aromatic heterocycles. The summed E-state index contributed by atoms with van der Waals surface area (Å²) in [6.07, 6.45) is 0.567. The van der Waals surface area contributed by atoms with E-state index in [1.54, 1.807) is 24.3 Å². The van der Waals surface area contributed by atoms with Gasteiger partial charge in [-0.05, 0) is 35.4 Å². The zero-order chi connectivity index (χ0) is 17.0. The Hall–Kier alpha value is -2.23. The van der Waals surface area contributed by atoms with E-state index in [4.69, 9.17) is 0 Å². The summed E-state index contributed by atoms with van der Waals surface area (Å²) >= 11 is 0. The second-order valence-corrected chi connectivity index (χ2v) is 3.82. The van der Waals surface area contributed by atoms with Gasteiger partial charge in [-0.25, -0.2) is 8.78 Å². The first-order chi connectivity index (χ1) is 10.7. The van der Waals surface area contributed by atoms with E-state index in [1.165, 1.54) is 24.3 Å². The van der Waals surface area contributed by atoms with Crippen LogP contribution in [0.2, 0.25) is 0 Å². The topological polar surface area (TPSA) is 29.1 Å². The molecule has 0 aliphatic carbocycles. The fraction of sp³-hybridized carbons (Fsp3) is 0.278. The second-order valence-electron chi connectivity index (χ2n) is 3.82. The minimum Gasteiger partial charge on any atom is -0.348 e. The molecule has 0 fully saturated rings. The number of halogens is 2. The molecule has 0 saturated carbocycles. The van der Waals surface area contributed by atoms with Crippen molar-refractivity contribution in [3.05, 3.63) is 71.3 Å². The summed E-state index contributed by atoms with van der Waals surface area (Å²) < 4.78 is 25.7. The molecule has 2 nitrogen and oxygen atoms in total. The lowest BCUT2D eigenvalue weighted by Gasteiger charge is -2.17. The highest BCUT2D eigenvalue weighted by atomic mass is 19.1. The summed E-state index contributed by atoms with van der Waals surface area (Å²) in [4.78, 5) is 10.6. The SMILES string of the molecule is CC.CC.O=CNC(c1ccc(F)cc1)c1ccc(F)cc1. The molecule has 2 aromatic rings. The van der Waals surface area contributed by atoms with Gasteiger partial charge in [-0.15, -0.1) is 0 Å². The summed E-state index contributed by atoms with van der Waals surface area (Å²) in [7, 11) is 0. The Morgan fingerprint density at radius 3 is 1.36 bits per heavy atom. The molecule has 0 unspecified atom stereocenters. The van der Waals surface area contributed by atoms with Crippen molar-refractivity contribution in [1.29, 1.82) is 0 Å². The molecule has 0 aliphatic rings. The number of rotatable bonds is 4. The van der Waals surface area contributed by atoms with Crippen LogP contribution in [0.25, 0.3) is 0 Å². The van der Waals surface area contributed by atoms with Crippen LogP contribution >= 0.6 is 0 Å². The van der Waals surface area contributed by atoms with Gasteiger partial charge in [-0.3, -0.25) is 4.79 Å². The summed E-state index contributed by atoms with van der Waals surface area (Å²) in [5.41, 5.74) is 1.46. The molecular weight excluding hydrogens is 284 g/mol. The van der Waals surface area contributed by atoms with E-state index in [9.17, 15) is 13.6 Å². The molecule has 0 atom stereocenters. The molecule has 0 heterocycles. The molecule has 120 valence electrons. The third kappa shape index (κ3) is 6.04. The van der Waals surface area contributed by atoms with Gasteiger partial charge in [0.15, 0.2) is 0 Å². The Bertz CT molecular complexity index is 478. The van der Waals surface area contributed by atoms with E-state index < -0.39 is 6.04 Å². The van der Waals surface area contributed by atoms with Gasteiger partial charge in [0.05, 0.1) is 6.04 Å². The highest BCUT2D eigenvalue weighted by Gasteiger charge is 2.13. The van der Waals surface area contributed by atoms with Crippen molar-refractivity contribution in [2.24, 2.45) is 0 Å². The van der Waals surface area contributed by atoms with Crippen LogP contribution in [0, 0.1) is 11.6 Å². The largest absolute Gasteiger partial charge is 0.348 e. The van der Waals surface area contributed by atoms with Crippen LogP contribution in [0.15, 0.2) is 48.5 Å². The lowest BCUT2D eigenvalue weighted by Crippen LogP contribution is -2.20. The first-order valence-electron chi connectivity index (χ1n) is 7.41. The van der Waals surface area contributed by atoms with E-state index in [2.05, 4.69) is 5.32 Å². The molecule has 0 saturated heterocycles. The smallest absolute Gasteiger partial charge is 0.207 e. The summed E-state index contributed by atoms with van der Waals surface area (Å²) in [5, 5.41) is 2.63. The standard InChI is InChI=1S/C14H11F2NO.2C2H6/c15-12-5-1-10(2-6-12)14(17-9-18)11-3-7-13(16)8-4-11;2*1-2/h1-9,14H,(H,17,18);2*1-2H3. The predicted octanol–water partition coefficient (Wildman–Crippen LogP) is 4.85. The number of hydrogen-bond donors (Lipinski definition) is 1. The fourth-order valence-corrected chi connectivity index (χ4v) is 1.76. The van der Waals surface area contributed by atoms with Gasteiger partial charge in [0, 0.05) is 0 Å². The zero-order valence-electron chi connectivity index (χ0n) is 13.4. The van der Waals surface area contributed by atoms with Gasteiger partial charge < -0.3 is 5.32 Å². The number of carbonyl (C=O) groups excluding carboxylic acids is 1. The Morgan fingerprint density at radius 2 is 1.09 bits per heavy atom. The molecule has 22 heavy (non-hydrogen) atoms. The minimum absolute atomic E-state index is 0.345. The van der Waals surface area contributed by atoms with Gasteiger partial charge in [0.25, 0.3) is 0 Å². The summed E-state index contributed by atoms with van der Waals surface area (Å²) in [6, 6.07) is 11.2. The van der Waals surface area contributed by atoms with Crippen molar-refractivity contribution in [3.8, 4) is 0 Å². The van der Waals surface area contributed by atoms with E-state index in [0.717, 1.165) is 11.1 Å². The number of hydrogen-bond acceptors (Lipinski definition) is 1. The predicted molar refractivity (Wildman–Crippen MR) is 86.5 cm³/mol. The first kappa shape index (κ1) is 19.8. The average Bonchev–Trinajstić information content (AvgIpc) is 2.58. The minimum atomic E-state index is -0.413. The zero-order valence-corrected chi connectivity index (χ0v) is 13.4. The average molecular weight is 307 g/mol. The van der Waals surface area contributed by atoms with E-state index >= 15 is 0 Å². The van der Waals surface area contributed by atoms with Crippen LogP contribution in [-0.4, -0.2) is 6.41 Å². The van der Waals surface area contributed by atoms with Crippen LogP contribution in [0.4, 0.5) is 8.78 Å². The van der Waals surface area contributed by atoms with Gasteiger partial charge in [-0.1, -0.05) is 52.0 Å². The van der Waals surface area contributed by atoms with Gasteiger partial charge in [-0.2, -0.15) is 0 Å². The van der Waals surface area contributed by atoms with Crippen molar-refractivity contribution in [3.63, 3.8) is 0 Å². The summed E-state index contributed by atoms with van der Waals surface area (Å²) in [6.45, 7) is 8.00.